The minimum atomic E-state index is -4.84. The van der Waals surface area contributed by atoms with Gasteiger partial charge in [-0.3, -0.25) is 13.9 Å². The van der Waals surface area contributed by atoms with E-state index in [1.807, 2.05) is 19.0 Å². The first-order valence-corrected chi connectivity index (χ1v) is 11.6. The molecule has 0 N–H and O–H groups in total. The first-order chi connectivity index (χ1) is 17.4. The third kappa shape index (κ3) is 6.08. The molecule has 2 aromatic heterocycles. The first-order valence-electron chi connectivity index (χ1n) is 11.2. The Kier molecular flexibility index (Phi) is 7.51. The number of halogens is 4. The molecule has 0 fully saturated rings. The van der Waals surface area contributed by atoms with E-state index in [0.29, 0.717) is 17.0 Å². The number of rotatable bonds is 8. The van der Waals surface area contributed by atoms with E-state index in [1.54, 1.807) is 42.2 Å². The molecule has 0 aliphatic carbocycles. The number of aromatic nitrogens is 4. The number of hydrogen-bond acceptors (Lipinski definition) is 5. The van der Waals surface area contributed by atoms with Crippen LogP contribution in [0, 0.1) is 0 Å². The summed E-state index contributed by atoms with van der Waals surface area (Å²) in [7, 11) is 6.66. The van der Waals surface area contributed by atoms with Crippen LogP contribution in [0.5, 0.6) is 5.75 Å². The molecule has 2 aromatic carbocycles. The Bertz CT molecular complexity index is 1540. The second kappa shape index (κ2) is 10.5. The quantitative estimate of drug-likeness (QED) is 0.323. The minimum absolute atomic E-state index is 0.192. The van der Waals surface area contributed by atoms with Gasteiger partial charge in [0.2, 0.25) is 7.28 Å². The Balaban J connectivity index is 1.88. The number of nitrogens with zero attached hydrogens (tertiary/aromatic N) is 5. The molecule has 8 nitrogen and oxygen atoms in total. The molecule has 0 spiro atoms. The third-order valence-corrected chi connectivity index (χ3v) is 5.92. The van der Waals surface area contributed by atoms with Crippen LogP contribution >= 0.6 is 11.6 Å². The first kappa shape index (κ1) is 26.6. The van der Waals surface area contributed by atoms with Crippen molar-refractivity contribution in [3.05, 3.63) is 80.0 Å². The van der Waals surface area contributed by atoms with Crippen molar-refractivity contribution in [2.45, 2.75) is 19.5 Å². The summed E-state index contributed by atoms with van der Waals surface area (Å²) >= 11 is 6.02. The van der Waals surface area contributed by atoms with E-state index in [4.69, 9.17) is 11.6 Å². The summed E-state index contributed by atoms with van der Waals surface area (Å²) in [5, 5.41) is 0.543. The minimum Gasteiger partial charge on any atom is -0.406 e. The Labute approximate surface area is 215 Å². The van der Waals surface area contributed by atoms with E-state index in [0.717, 1.165) is 10.1 Å². The maximum absolute atomic E-state index is 13.3. The van der Waals surface area contributed by atoms with Gasteiger partial charge in [0.25, 0.3) is 5.56 Å². The lowest BCUT2D eigenvalue weighted by Gasteiger charge is -2.13. The lowest BCUT2D eigenvalue weighted by atomic mass is 9.69. The number of fused-ring (bicyclic) bond motifs is 1. The van der Waals surface area contributed by atoms with Crippen LogP contribution in [-0.2, 0) is 20.1 Å². The standard InChI is InChI=1S/C24H23BClF3N5O3/c1-31(2)11-12-33-20-19(21(35)32(3)23(33)36)34(14-15-7-9-17(26)10-8-15)22(30-20)25-16-5-4-6-18(13-16)37-24(27,28)29/h4-10,13H,11-12,14H2,1-3H3. The highest BCUT2D eigenvalue weighted by atomic mass is 35.5. The topological polar surface area (TPSA) is 74.3 Å². The second-order valence-corrected chi connectivity index (χ2v) is 9.16. The van der Waals surface area contributed by atoms with Crippen LogP contribution in [0.15, 0.2) is 58.1 Å². The zero-order valence-electron chi connectivity index (χ0n) is 20.3. The van der Waals surface area contributed by atoms with Gasteiger partial charge in [0.1, 0.15) is 5.75 Å². The molecule has 193 valence electrons. The van der Waals surface area contributed by atoms with Crippen LogP contribution in [0.4, 0.5) is 13.2 Å². The summed E-state index contributed by atoms with van der Waals surface area (Å²) in [5.74, 6) is -0.389. The zero-order valence-corrected chi connectivity index (χ0v) is 21.0. The molecule has 0 bridgehead atoms. The molecule has 0 saturated heterocycles. The van der Waals surface area contributed by atoms with Crippen molar-refractivity contribution in [3.63, 3.8) is 0 Å². The predicted molar refractivity (Wildman–Crippen MR) is 136 cm³/mol. The van der Waals surface area contributed by atoms with E-state index < -0.39 is 17.6 Å². The molecule has 0 amide bonds. The summed E-state index contributed by atoms with van der Waals surface area (Å²) in [6.45, 7) is 1.01. The van der Waals surface area contributed by atoms with Gasteiger partial charge < -0.3 is 14.2 Å². The molecular weight excluding hydrogens is 510 g/mol. The average molecular weight is 533 g/mol. The molecule has 0 aliphatic heterocycles. The van der Waals surface area contributed by atoms with E-state index >= 15 is 0 Å². The summed E-state index contributed by atoms with van der Waals surface area (Å²) in [6, 6.07) is 12.4. The number of hydrogen-bond donors (Lipinski definition) is 0. The fourth-order valence-corrected chi connectivity index (χ4v) is 3.99. The van der Waals surface area contributed by atoms with Gasteiger partial charge in [0.05, 0.1) is 5.72 Å². The number of imidazole rings is 1. The molecule has 0 saturated carbocycles. The predicted octanol–water partition coefficient (Wildman–Crippen LogP) is 1.71. The molecule has 4 aromatic rings. The van der Waals surface area contributed by atoms with Crippen molar-refractivity contribution in [2.75, 3.05) is 20.6 Å². The van der Waals surface area contributed by atoms with Crippen molar-refractivity contribution in [3.8, 4) is 5.75 Å². The van der Waals surface area contributed by atoms with Crippen LogP contribution in [0.2, 0.25) is 5.02 Å². The summed E-state index contributed by atoms with van der Waals surface area (Å²) in [5.41, 5.74) is 0.811. The van der Waals surface area contributed by atoms with E-state index in [9.17, 15) is 22.8 Å². The van der Waals surface area contributed by atoms with Crippen LogP contribution in [-0.4, -0.2) is 57.9 Å². The lowest BCUT2D eigenvalue weighted by molar-refractivity contribution is -0.274. The Morgan fingerprint density at radius 3 is 2.43 bits per heavy atom. The number of alkyl halides is 3. The summed E-state index contributed by atoms with van der Waals surface area (Å²) in [6.07, 6.45) is -4.84. The van der Waals surface area contributed by atoms with Crippen LogP contribution < -0.4 is 27.2 Å². The van der Waals surface area contributed by atoms with Crippen molar-refractivity contribution >= 4 is 41.2 Å². The number of benzene rings is 2. The molecule has 0 unspecified atom stereocenters. The monoisotopic (exact) mass is 532 g/mol. The molecular formula is C24H23BClF3N5O3. The second-order valence-electron chi connectivity index (χ2n) is 8.72. The molecule has 2 heterocycles. The van der Waals surface area contributed by atoms with Crippen molar-refractivity contribution in [2.24, 2.45) is 7.05 Å². The molecule has 4 rings (SSSR count). The smallest absolute Gasteiger partial charge is 0.406 e. The number of ether oxygens (including phenoxy) is 1. The third-order valence-electron chi connectivity index (χ3n) is 5.67. The maximum Gasteiger partial charge on any atom is 0.573 e. The van der Waals surface area contributed by atoms with Gasteiger partial charge in [-0.25, -0.2) is 9.78 Å². The van der Waals surface area contributed by atoms with E-state index in [-0.39, 0.29) is 35.7 Å². The molecule has 0 atom stereocenters. The largest absolute Gasteiger partial charge is 0.573 e. The maximum atomic E-state index is 13.3. The molecule has 37 heavy (non-hydrogen) atoms. The summed E-state index contributed by atoms with van der Waals surface area (Å²) in [4.78, 5) is 32.8. The Morgan fingerprint density at radius 2 is 1.78 bits per heavy atom. The molecule has 1 radical (unpaired) electrons. The van der Waals surface area contributed by atoms with Gasteiger partial charge in [-0.05, 0) is 43.9 Å². The van der Waals surface area contributed by atoms with Gasteiger partial charge in [0, 0.05) is 31.7 Å². The van der Waals surface area contributed by atoms with Gasteiger partial charge in [-0.15, -0.1) is 13.2 Å². The fraction of sp³-hybridized carbons (Fsp3) is 0.292. The number of likely N-dealkylation sites (N-methyl/N-ethyl adjacent to an activating group) is 1. The van der Waals surface area contributed by atoms with E-state index in [2.05, 4.69) is 9.72 Å². The Hall–Kier alpha value is -3.51. The van der Waals surface area contributed by atoms with Crippen molar-refractivity contribution in [1.82, 2.24) is 23.6 Å². The zero-order chi connectivity index (χ0) is 26.9. The lowest BCUT2D eigenvalue weighted by Crippen LogP contribution is -2.40. The van der Waals surface area contributed by atoms with Gasteiger partial charge in [-0.1, -0.05) is 41.3 Å². The molecule has 13 heteroatoms. The SMILES string of the molecule is CN(C)CCn1c(=O)n(C)c(=O)c2c1nc([B]c1cccc(OC(F)(F)F)c1)n2Cc1ccc(Cl)cc1. The van der Waals surface area contributed by atoms with Crippen LogP contribution in [0.3, 0.4) is 0 Å². The van der Waals surface area contributed by atoms with Crippen molar-refractivity contribution in [1.29, 1.82) is 0 Å². The van der Waals surface area contributed by atoms with Crippen LogP contribution in [0.25, 0.3) is 11.2 Å². The Morgan fingerprint density at radius 1 is 1.08 bits per heavy atom. The molecule has 0 aliphatic rings. The highest BCUT2D eigenvalue weighted by molar-refractivity contribution is 6.66. The van der Waals surface area contributed by atoms with Gasteiger partial charge >= 0.3 is 12.1 Å². The summed E-state index contributed by atoms with van der Waals surface area (Å²) < 4.78 is 46.3. The average Bonchev–Trinajstić information content (AvgIpc) is 3.15. The highest BCUT2D eigenvalue weighted by Crippen LogP contribution is 2.21. The van der Waals surface area contributed by atoms with Crippen LogP contribution in [0.1, 0.15) is 5.56 Å². The van der Waals surface area contributed by atoms with Gasteiger partial charge in [0.15, 0.2) is 11.2 Å². The van der Waals surface area contributed by atoms with Crippen molar-refractivity contribution < 1.29 is 17.9 Å². The fourth-order valence-electron chi connectivity index (χ4n) is 3.87. The normalized spacial score (nSPS) is 11.9. The van der Waals surface area contributed by atoms with E-state index in [1.165, 1.54) is 29.8 Å². The van der Waals surface area contributed by atoms with Gasteiger partial charge in [-0.2, -0.15) is 0 Å². The highest BCUT2D eigenvalue weighted by Gasteiger charge is 2.31.